The molecule has 0 radical (unpaired) electrons. The second-order valence-electron chi connectivity index (χ2n) is 6.61. The van der Waals surface area contributed by atoms with E-state index in [1.807, 2.05) is 60.7 Å². The Kier molecular flexibility index (Phi) is 6.92. The van der Waals surface area contributed by atoms with E-state index in [1.165, 1.54) is 0 Å². The van der Waals surface area contributed by atoms with E-state index in [0.717, 1.165) is 25.6 Å². The maximum Gasteiger partial charge on any atom is 0.349 e. The van der Waals surface area contributed by atoms with Crippen LogP contribution in [-0.2, 0) is 4.79 Å². The maximum atomic E-state index is 12.3. The molecule has 0 saturated heterocycles. The van der Waals surface area contributed by atoms with Gasteiger partial charge in [-0.1, -0.05) is 66.2 Å². The molecule has 3 aromatic carbocycles. The van der Waals surface area contributed by atoms with Crippen molar-refractivity contribution in [3.05, 3.63) is 81.2 Å². The number of hydrogen-bond acceptors (Lipinski definition) is 3. The van der Waals surface area contributed by atoms with E-state index >= 15 is 0 Å². The van der Waals surface area contributed by atoms with Crippen molar-refractivity contribution in [2.75, 3.05) is 6.61 Å². The second-order valence-corrected chi connectivity index (χ2v) is 8.38. The molecule has 0 unspecified atom stereocenters. The van der Waals surface area contributed by atoms with Gasteiger partial charge in [0, 0.05) is 4.47 Å². The van der Waals surface area contributed by atoms with E-state index in [2.05, 4.69) is 45.7 Å². The van der Waals surface area contributed by atoms with Gasteiger partial charge < -0.3 is 9.47 Å². The van der Waals surface area contributed by atoms with Crippen LogP contribution in [-0.4, -0.2) is 12.6 Å². The molecule has 0 aliphatic carbocycles. The van der Waals surface area contributed by atoms with Gasteiger partial charge in [0.1, 0.15) is 11.5 Å². The van der Waals surface area contributed by atoms with Crippen LogP contribution in [0.15, 0.2) is 75.7 Å². The molecule has 0 atom stereocenters. The molecule has 28 heavy (non-hydrogen) atoms. The number of hydrogen-bond donors (Lipinski definition) is 0. The highest BCUT2D eigenvalue weighted by Crippen LogP contribution is 2.32. The number of esters is 1. The van der Waals surface area contributed by atoms with E-state index in [-0.39, 0.29) is 12.5 Å². The summed E-state index contributed by atoms with van der Waals surface area (Å²) in [7, 11) is 0. The lowest BCUT2D eigenvalue weighted by atomic mass is 10.0. The van der Waals surface area contributed by atoms with Crippen molar-refractivity contribution < 1.29 is 14.3 Å². The molecule has 0 bridgehead atoms. The summed E-state index contributed by atoms with van der Waals surface area (Å²) >= 11 is 6.97. The van der Waals surface area contributed by atoms with Crippen LogP contribution in [0.4, 0.5) is 0 Å². The molecule has 0 heterocycles. The van der Waals surface area contributed by atoms with Crippen LogP contribution in [0.1, 0.15) is 25.3 Å². The van der Waals surface area contributed by atoms with Gasteiger partial charge in [-0.05, 0) is 68.9 Å². The zero-order chi connectivity index (χ0) is 20.1. The predicted octanol–water partition coefficient (Wildman–Crippen LogP) is 6.99. The van der Waals surface area contributed by atoms with Gasteiger partial charge in [-0.3, -0.25) is 0 Å². The predicted molar refractivity (Wildman–Crippen MR) is 119 cm³/mol. The van der Waals surface area contributed by atoms with Crippen molar-refractivity contribution in [3.63, 3.8) is 0 Å². The third kappa shape index (κ3) is 5.24. The van der Waals surface area contributed by atoms with Gasteiger partial charge in [-0.2, -0.15) is 0 Å². The summed E-state index contributed by atoms with van der Waals surface area (Å²) in [6, 6.07) is 21.5. The van der Waals surface area contributed by atoms with E-state index in [9.17, 15) is 4.79 Å². The Bertz CT molecular complexity index is 969. The molecular weight excluding hydrogens is 484 g/mol. The molecular formula is C23H20Br2O3. The van der Waals surface area contributed by atoms with E-state index in [1.54, 1.807) is 6.07 Å². The Morgan fingerprint density at radius 3 is 2.29 bits per heavy atom. The zero-order valence-electron chi connectivity index (χ0n) is 15.6. The highest BCUT2D eigenvalue weighted by Gasteiger charge is 2.14. The maximum absolute atomic E-state index is 12.3. The number of carbonyl (C=O) groups is 1. The number of halogens is 2. The summed E-state index contributed by atoms with van der Waals surface area (Å²) < 4.78 is 12.9. The highest BCUT2D eigenvalue weighted by molar-refractivity contribution is 9.10. The zero-order valence-corrected chi connectivity index (χ0v) is 18.8. The van der Waals surface area contributed by atoms with Gasteiger partial charge >= 0.3 is 5.97 Å². The molecule has 0 amide bonds. The largest absolute Gasteiger partial charge is 0.481 e. The van der Waals surface area contributed by atoms with E-state index in [4.69, 9.17) is 9.47 Å². The smallest absolute Gasteiger partial charge is 0.349 e. The average molecular weight is 504 g/mol. The summed E-state index contributed by atoms with van der Waals surface area (Å²) in [5.41, 5.74) is 3.15. The first-order valence-electron chi connectivity index (χ1n) is 8.92. The molecule has 5 heteroatoms. The van der Waals surface area contributed by atoms with Crippen LogP contribution in [0, 0.1) is 0 Å². The fourth-order valence-electron chi connectivity index (χ4n) is 2.78. The van der Waals surface area contributed by atoms with Crippen LogP contribution < -0.4 is 9.47 Å². The SMILES string of the molecule is CC(C)c1cc(Br)ccc1OC(=O)COc1ccc(-c2ccccc2)cc1Br. The third-order valence-electron chi connectivity index (χ3n) is 4.20. The van der Waals surface area contributed by atoms with Gasteiger partial charge in [-0.15, -0.1) is 0 Å². The second kappa shape index (κ2) is 9.39. The topological polar surface area (TPSA) is 35.5 Å². The van der Waals surface area contributed by atoms with Crippen molar-refractivity contribution in [2.24, 2.45) is 0 Å². The fraction of sp³-hybridized carbons (Fsp3) is 0.174. The summed E-state index contributed by atoms with van der Waals surface area (Å²) in [5.74, 6) is 0.950. The van der Waals surface area contributed by atoms with Gasteiger partial charge in [0.15, 0.2) is 6.61 Å². The van der Waals surface area contributed by atoms with Gasteiger partial charge in [0.05, 0.1) is 4.47 Å². The van der Waals surface area contributed by atoms with Gasteiger partial charge in [-0.25, -0.2) is 4.79 Å². The molecule has 0 spiro atoms. The Balaban J connectivity index is 1.65. The van der Waals surface area contributed by atoms with E-state index < -0.39 is 5.97 Å². The highest BCUT2D eigenvalue weighted by atomic mass is 79.9. The van der Waals surface area contributed by atoms with Gasteiger partial charge in [0.25, 0.3) is 0 Å². The lowest BCUT2D eigenvalue weighted by molar-refractivity contribution is -0.136. The van der Waals surface area contributed by atoms with Crippen molar-refractivity contribution in [1.29, 1.82) is 0 Å². The monoisotopic (exact) mass is 502 g/mol. The molecule has 0 fully saturated rings. The fourth-order valence-corrected chi connectivity index (χ4v) is 3.65. The number of benzene rings is 3. The number of rotatable bonds is 6. The molecule has 0 saturated carbocycles. The quantitative estimate of drug-likeness (QED) is 0.268. The first kappa shape index (κ1) is 20.6. The van der Waals surface area contributed by atoms with Crippen molar-refractivity contribution in [3.8, 4) is 22.6 Å². The molecule has 3 rings (SSSR count). The molecule has 0 N–H and O–H groups in total. The number of ether oxygens (including phenoxy) is 2. The molecule has 3 nitrogen and oxygen atoms in total. The average Bonchev–Trinajstić information content (AvgIpc) is 2.69. The molecule has 144 valence electrons. The Morgan fingerprint density at radius 1 is 0.893 bits per heavy atom. The van der Waals surface area contributed by atoms with E-state index in [0.29, 0.717) is 11.5 Å². The Morgan fingerprint density at radius 2 is 1.61 bits per heavy atom. The molecule has 0 aromatic heterocycles. The van der Waals surface area contributed by atoms with Crippen LogP contribution in [0.25, 0.3) is 11.1 Å². The Hall–Kier alpha value is -2.11. The normalized spacial score (nSPS) is 10.8. The van der Waals surface area contributed by atoms with Gasteiger partial charge in [0.2, 0.25) is 0 Å². The molecule has 0 aliphatic heterocycles. The Labute approximate surface area is 181 Å². The molecule has 3 aromatic rings. The van der Waals surface area contributed by atoms with Crippen molar-refractivity contribution in [1.82, 2.24) is 0 Å². The summed E-state index contributed by atoms with van der Waals surface area (Å²) in [5, 5.41) is 0. The van der Waals surface area contributed by atoms with Crippen molar-refractivity contribution >= 4 is 37.8 Å². The lowest BCUT2D eigenvalue weighted by Gasteiger charge is -2.14. The van der Waals surface area contributed by atoms with Crippen LogP contribution in [0.3, 0.4) is 0 Å². The van der Waals surface area contributed by atoms with Crippen LogP contribution >= 0.6 is 31.9 Å². The minimum absolute atomic E-state index is 0.170. The van der Waals surface area contributed by atoms with Crippen LogP contribution in [0.2, 0.25) is 0 Å². The minimum atomic E-state index is -0.441. The number of carbonyl (C=O) groups excluding carboxylic acids is 1. The summed E-state index contributed by atoms with van der Waals surface area (Å²) in [6.45, 7) is 3.94. The standard InChI is InChI=1S/C23H20Br2O3/c1-15(2)19-13-18(24)9-11-21(19)28-23(26)14-27-22-10-8-17(12-20(22)25)16-6-4-3-5-7-16/h3-13,15H,14H2,1-2H3. The first-order chi connectivity index (χ1) is 13.4. The first-order valence-corrected chi connectivity index (χ1v) is 10.5. The van der Waals surface area contributed by atoms with Crippen molar-refractivity contribution in [2.45, 2.75) is 19.8 Å². The summed E-state index contributed by atoms with van der Waals surface area (Å²) in [6.07, 6.45) is 0. The molecule has 0 aliphatic rings. The summed E-state index contributed by atoms with van der Waals surface area (Å²) in [4.78, 5) is 12.3. The lowest BCUT2D eigenvalue weighted by Crippen LogP contribution is -2.18. The van der Waals surface area contributed by atoms with Crippen LogP contribution in [0.5, 0.6) is 11.5 Å². The minimum Gasteiger partial charge on any atom is -0.481 e. The third-order valence-corrected chi connectivity index (χ3v) is 5.32.